The maximum atomic E-state index is 12.8. The van der Waals surface area contributed by atoms with E-state index in [9.17, 15) is 4.79 Å². The SMILES string of the molecule is Cc1cc(C)c(C(=O)C(Br)C(Br)c2ccccc2)c(C)c1. The summed E-state index contributed by atoms with van der Waals surface area (Å²) >= 11 is 7.22. The van der Waals surface area contributed by atoms with Crippen molar-refractivity contribution in [2.45, 2.75) is 30.4 Å². The van der Waals surface area contributed by atoms with Crippen molar-refractivity contribution in [3.05, 3.63) is 70.3 Å². The Hall–Kier alpha value is -0.930. The third-order valence-corrected chi connectivity index (χ3v) is 6.26. The first kappa shape index (κ1) is 16.4. The van der Waals surface area contributed by atoms with Crippen molar-refractivity contribution in [3.8, 4) is 0 Å². The van der Waals surface area contributed by atoms with E-state index >= 15 is 0 Å². The summed E-state index contributed by atoms with van der Waals surface area (Å²) < 4.78 is 0. The van der Waals surface area contributed by atoms with Gasteiger partial charge in [0.15, 0.2) is 5.78 Å². The van der Waals surface area contributed by atoms with Gasteiger partial charge in [-0.2, -0.15) is 0 Å². The molecule has 0 aliphatic heterocycles. The van der Waals surface area contributed by atoms with Crippen LogP contribution >= 0.6 is 31.9 Å². The summed E-state index contributed by atoms with van der Waals surface area (Å²) in [6.45, 7) is 6.05. The molecule has 0 fully saturated rings. The Bertz CT molecular complexity index is 627. The molecule has 0 spiro atoms. The highest BCUT2D eigenvalue weighted by atomic mass is 79.9. The predicted octanol–water partition coefficient (Wildman–Crippen LogP) is 5.69. The van der Waals surface area contributed by atoms with E-state index in [1.807, 2.05) is 44.2 Å². The lowest BCUT2D eigenvalue weighted by Crippen LogP contribution is -2.21. The number of halogens is 2. The molecular formula is C18H18Br2O. The molecule has 0 aliphatic rings. The van der Waals surface area contributed by atoms with Crippen LogP contribution in [0.15, 0.2) is 42.5 Å². The number of hydrogen-bond donors (Lipinski definition) is 0. The Labute approximate surface area is 143 Å². The Morgan fingerprint density at radius 1 is 0.952 bits per heavy atom. The Balaban J connectivity index is 2.32. The normalized spacial score (nSPS) is 13.8. The zero-order chi connectivity index (χ0) is 15.6. The van der Waals surface area contributed by atoms with Gasteiger partial charge in [0.2, 0.25) is 0 Å². The van der Waals surface area contributed by atoms with Crippen molar-refractivity contribution in [3.63, 3.8) is 0 Å². The average molecular weight is 410 g/mol. The second-order valence-electron chi connectivity index (χ2n) is 5.35. The zero-order valence-corrected chi connectivity index (χ0v) is 15.5. The number of aryl methyl sites for hydroxylation is 3. The molecule has 0 saturated carbocycles. The molecule has 1 nitrogen and oxygen atoms in total. The molecule has 0 amide bonds. The van der Waals surface area contributed by atoms with Gasteiger partial charge in [-0.05, 0) is 37.5 Å². The van der Waals surface area contributed by atoms with Gasteiger partial charge in [-0.1, -0.05) is 79.9 Å². The van der Waals surface area contributed by atoms with Gasteiger partial charge in [-0.15, -0.1) is 0 Å². The first-order chi connectivity index (χ1) is 9.91. The molecule has 0 aromatic heterocycles. The summed E-state index contributed by atoms with van der Waals surface area (Å²) in [4.78, 5) is 12.5. The molecule has 2 atom stereocenters. The number of rotatable bonds is 4. The highest BCUT2D eigenvalue weighted by Crippen LogP contribution is 2.34. The lowest BCUT2D eigenvalue weighted by molar-refractivity contribution is 0.0989. The molecule has 0 bridgehead atoms. The average Bonchev–Trinajstić information content (AvgIpc) is 2.45. The summed E-state index contributed by atoms with van der Waals surface area (Å²) in [5.41, 5.74) is 5.17. The van der Waals surface area contributed by atoms with Crippen LogP contribution < -0.4 is 0 Å². The molecule has 0 heterocycles. The van der Waals surface area contributed by atoms with Crippen LogP contribution in [-0.2, 0) is 0 Å². The highest BCUT2D eigenvalue weighted by molar-refractivity contribution is 9.12. The van der Waals surface area contributed by atoms with Gasteiger partial charge >= 0.3 is 0 Å². The second kappa shape index (κ2) is 6.89. The molecule has 2 unspecified atom stereocenters. The van der Waals surface area contributed by atoms with Gasteiger partial charge < -0.3 is 0 Å². The van der Waals surface area contributed by atoms with Gasteiger partial charge in [-0.25, -0.2) is 0 Å². The van der Waals surface area contributed by atoms with E-state index in [4.69, 9.17) is 0 Å². The third kappa shape index (κ3) is 3.64. The minimum Gasteiger partial charge on any atom is -0.293 e. The lowest BCUT2D eigenvalue weighted by atomic mass is 9.93. The van der Waals surface area contributed by atoms with Gasteiger partial charge in [0.05, 0.1) is 9.65 Å². The van der Waals surface area contributed by atoms with Crippen LogP contribution in [-0.4, -0.2) is 10.6 Å². The third-order valence-electron chi connectivity index (χ3n) is 3.55. The number of carbonyl (C=O) groups excluding carboxylic acids is 1. The Morgan fingerprint density at radius 2 is 1.48 bits per heavy atom. The molecule has 0 aliphatic carbocycles. The molecule has 21 heavy (non-hydrogen) atoms. The first-order valence-electron chi connectivity index (χ1n) is 6.87. The van der Waals surface area contributed by atoms with Crippen molar-refractivity contribution >= 4 is 37.6 Å². The summed E-state index contributed by atoms with van der Waals surface area (Å²) in [5, 5.41) is 0. The molecule has 2 aromatic rings. The number of hydrogen-bond acceptors (Lipinski definition) is 1. The smallest absolute Gasteiger partial charge is 0.178 e. The van der Waals surface area contributed by atoms with E-state index in [1.165, 1.54) is 5.56 Å². The number of benzene rings is 2. The van der Waals surface area contributed by atoms with Crippen molar-refractivity contribution < 1.29 is 4.79 Å². The lowest BCUT2D eigenvalue weighted by Gasteiger charge is -2.19. The van der Waals surface area contributed by atoms with Crippen LogP contribution in [0.2, 0.25) is 0 Å². The Kier molecular flexibility index (Phi) is 5.39. The van der Waals surface area contributed by atoms with E-state index in [-0.39, 0.29) is 15.4 Å². The van der Waals surface area contributed by atoms with Gasteiger partial charge in [-0.3, -0.25) is 4.79 Å². The molecule has 2 aromatic carbocycles. The van der Waals surface area contributed by atoms with Crippen LogP contribution in [0, 0.1) is 20.8 Å². The molecule has 0 N–H and O–H groups in total. The van der Waals surface area contributed by atoms with Crippen molar-refractivity contribution in [1.29, 1.82) is 0 Å². The van der Waals surface area contributed by atoms with Gasteiger partial charge in [0.1, 0.15) is 0 Å². The van der Waals surface area contributed by atoms with Crippen LogP contribution in [0.5, 0.6) is 0 Å². The van der Waals surface area contributed by atoms with Crippen LogP contribution in [0.25, 0.3) is 0 Å². The van der Waals surface area contributed by atoms with E-state index < -0.39 is 0 Å². The summed E-state index contributed by atoms with van der Waals surface area (Å²) in [5.74, 6) is 0.121. The first-order valence-corrected chi connectivity index (χ1v) is 8.70. The molecule has 0 radical (unpaired) electrons. The quantitative estimate of drug-likeness (QED) is 0.467. The van der Waals surface area contributed by atoms with Crippen LogP contribution in [0.4, 0.5) is 0 Å². The molecule has 2 rings (SSSR count). The molecule has 0 saturated heterocycles. The van der Waals surface area contributed by atoms with Gasteiger partial charge in [0, 0.05) is 5.56 Å². The number of Topliss-reactive ketones (excluding diaryl/α,β-unsaturated/α-hetero) is 1. The highest BCUT2D eigenvalue weighted by Gasteiger charge is 2.27. The molecule has 110 valence electrons. The standard InChI is InChI=1S/C18H18Br2O/c1-11-9-12(2)15(13(3)10-11)18(21)17(20)16(19)14-7-5-4-6-8-14/h4-10,16-17H,1-3H3. The van der Waals surface area contributed by atoms with Crippen molar-refractivity contribution in [2.75, 3.05) is 0 Å². The maximum absolute atomic E-state index is 12.8. The second-order valence-corrected chi connectivity index (χ2v) is 7.33. The van der Waals surface area contributed by atoms with E-state index in [2.05, 4.69) is 50.9 Å². The van der Waals surface area contributed by atoms with Gasteiger partial charge in [0.25, 0.3) is 0 Å². The minimum atomic E-state index is -0.292. The fraction of sp³-hybridized carbons (Fsp3) is 0.278. The zero-order valence-electron chi connectivity index (χ0n) is 12.4. The number of carbonyl (C=O) groups is 1. The van der Waals surface area contributed by atoms with Crippen molar-refractivity contribution in [1.82, 2.24) is 0 Å². The van der Waals surface area contributed by atoms with E-state index in [0.717, 1.165) is 22.3 Å². The van der Waals surface area contributed by atoms with Crippen molar-refractivity contribution in [2.24, 2.45) is 0 Å². The monoisotopic (exact) mass is 408 g/mol. The maximum Gasteiger partial charge on any atom is 0.178 e. The van der Waals surface area contributed by atoms with E-state index in [0.29, 0.717) is 0 Å². The molecule has 3 heteroatoms. The topological polar surface area (TPSA) is 17.1 Å². The summed E-state index contributed by atoms with van der Waals surface area (Å²) in [7, 11) is 0. The number of alkyl halides is 2. The number of ketones is 1. The van der Waals surface area contributed by atoms with E-state index in [1.54, 1.807) is 0 Å². The van der Waals surface area contributed by atoms with Crippen LogP contribution in [0.3, 0.4) is 0 Å². The fourth-order valence-corrected chi connectivity index (χ4v) is 3.72. The summed E-state index contributed by atoms with van der Waals surface area (Å²) in [6, 6.07) is 14.1. The largest absolute Gasteiger partial charge is 0.293 e. The minimum absolute atomic E-state index is 0.0497. The van der Waals surface area contributed by atoms with Crippen LogP contribution in [0.1, 0.15) is 37.4 Å². The molecular weight excluding hydrogens is 392 g/mol. The Morgan fingerprint density at radius 3 is 2.00 bits per heavy atom. The predicted molar refractivity (Wildman–Crippen MR) is 95.8 cm³/mol. The fourth-order valence-electron chi connectivity index (χ4n) is 2.65. The summed E-state index contributed by atoms with van der Waals surface area (Å²) in [6.07, 6.45) is 0.